The largest absolute Gasteiger partial charge is 0.338 e. The molecule has 2 atom stereocenters. The van der Waals surface area contributed by atoms with Crippen LogP contribution in [0.2, 0.25) is 0 Å². The third kappa shape index (κ3) is 3.27. The average molecular weight is 315 g/mol. The fraction of sp³-hybridized carbons (Fsp3) is 0.615. The van der Waals surface area contributed by atoms with Crippen LogP contribution in [0.5, 0.6) is 0 Å². The highest BCUT2D eigenvalue weighted by Crippen LogP contribution is 2.26. The molecule has 0 bridgehead atoms. The van der Waals surface area contributed by atoms with Crippen molar-refractivity contribution >= 4 is 27.4 Å². The molecule has 1 saturated heterocycles. The summed E-state index contributed by atoms with van der Waals surface area (Å²) in [6, 6.07) is 3.72. The Balaban J connectivity index is 2.28. The van der Waals surface area contributed by atoms with Gasteiger partial charge in [0, 0.05) is 36.0 Å². The lowest BCUT2D eigenvalue weighted by Crippen LogP contribution is -2.48. The van der Waals surface area contributed by atoms with E-state index < -0.39 is 15.2 Å². The fourth-order valence-corrected chi connectivity index (χ4v) is 5.15. The molecule has 1 aromatic heterocycles. The summed E-state index contributed by atoms with van der Waals surface area (Å²) in [5.41, 5.74) is 6.76. The first-order chi connectivity index (χ1) is 9.45. The van der Waals surface area contributed by atoms with Crippen molar-refractivity contribution in [3.8, 4) is 0 Å². The first-order valence-electron chi connectivity index (χ1n) is 6.73. The van der Waals surface area contributed by atoms with E-state index in [1.54, 1.807) is 24.9 Å². The zero-order chi connectivity index (χ0) is 14.8. The molecule has 1 unspecified atom stereocenters. The molecule has 5 nitrogen and oxygen atoms in total. The molecule has 0 radical (unpaired) electrons. The minimum atomic E-state index is -3.10. The Morgan fingerprint density at radius 1 is 1.55 bits per heavy atom. The van der Waals surface area contributed by atoms with E-state index in [1.165, 1.54) is 0 Å². The number of hydrogen-bond donors (Lipinski definition) is 1. The van der Waals surface area contributed by atoms with Crippen molar-refractivity contribution in [2.75, 3.05) is 28.7 Å². The van der Waals surface area contributed by atoms with Crippen LogP contribution in [0.1, 0.15) is 25.5 Å². The number of sulfone groups is 1. The van der Waals surface area contributed by atoms with Crippen molar-refractivity contribution in [1.29, 1.82) is 0 Å². The van der Waals surface area contributed by atoms with E-state index in [2.05, 4.69) is 4.98 Å². The van der Waals surface area contributed by atoms with Gasteiger partial charge < -0.3 is 10.6 Å². The van der Waals surface area contributed by atoms with Crippen LogP contribution in [0.25, 0.3) is 0 Å². The van der Waals surface area contributed by atoms with Crippen LogP contribution < -0.4 is 10.6 Å². The van der Waals surface area contributed by atoms with Crippen molar-refractivity contribution in [3.05, 3.63) is 23.9 Å². The predicted molar refractivity (Wildman–Crippen MR) is 84.8 cm³/mol. The zero-order valence-corrected chi connectivity index (χ0v) is 13.5. The van der Waals surface area contributed by atoms with Crippen molar-refractivity contribution in [2.24, 2.45) is 5.73 Å². The second-order valence-electron chi connectivity index (χ2n) is 4.91. The summed E-state index contributed by atoms with van der Waals surface area (Å²) < 4.78 is 24.4. The molecule has 1 fully saturated rings. The Hall–Kier alpha value is -0.790. The molecule has 0 aromatic carbocycles. The summed E-state index contributed by atoms with van der Waals surface area (Å²) in [7, 11) is -3.10. The molecule has 2 N–H and O–H groups in total. The van der Waals surface area contributed by atoms with Gasteiger partial charge in [-0.15, -0.1) is 0 Å². The molecule has 7 heteroatoms. The highest BCUT2D eigenvalue weighted by molar-refractivity contribution is 8.01. The Bertz CT molecular complexity index is 543. The van der Waals surface area contributed by atoms with E-state index >= 15 is 0 Å². The van der Waals surface area contributed by atoms with E-state index in [9.17, 15) is 8.42 Å². The second-order valence-corrected chi connectivity index (χ2v) is 8.51. The Labute approximate surface area is 124 Å². The Morgan fingerprint density at radius 3 is 2.85 bits per heavy atom. The van der Waals surface area contributed by atoms with E-state index in [1.807, 2.05) is 24.0 Å². The van der Waals surface area contributed by atoms with Gasteiger partial charge in [0.05, 0.1) is 0 Å². The first-order valence-corrected chi connectivity index (χ1v) is 9.60. The maximum Gasteiger partial charge on any atom is 0.171 e. The predicted octanol–water partition coefficient (Wildman–Crippen LogP) is 1.42. The molecule has 0 amide bonds. The lowest BCUT2D eigenvalue weighted by atomic mass is 10.1. The van der Waals surface area contributed by atoms with Crippen molar-refractivity contribution < 1.29 is 8.42 Å². The Morgan fingerprint density at radius 2 is 2.30 bits per heavy atom. The van der Waals surface area contributed by atoms with Gasteiger partial charge in [-0.1, -0.05) is 13.0 Å². The molecule has 1 aliphatic rings. The van der Waals surface area contributed by atoms with Crippen LogP contribution in [0.3, 0.4) is 0 Å². The van der Waals surface area contributed by atoms with Crippen LogP contribution in [0, 0.1) is 0 Å². The normalized spacial score (nSPS) is 21.8. The number of thioether (sulfide) groups is 1. The summed E-state index contributed by atoms with van der Waals surface area (Å²) in [6.45, 7) is 4.30. The summed E-state index contributed by atoms with van der Waals surface area (Å²) in [4.78, 5) is 6.30. The molecule has 0 aliphatic carbocycles. The number of anilines is 1. The number of pyridine rings is 1. The molecule has 0 spiro atoms. The SMILES string of the molecule is CCS(=O)(=O)C1CSCCN1c1ccc([C@@H](C)N)cn1. The minimum Gasteiger partial charge on any atom is -0.338 e. The first kappa shape index (κ1) is 15.6. The quantitative estimate of drug-likeness (QED) is 0.905. The molecule has 1 aromatic rings. The van der Waals surface area contributed by atoms with E-state index in [-0.39, 0.29) is 11.8 Å². The van der Waals surface area contributed by atoms with Gasteiger partial charge in [0.2, 0.25) is 0 Å². The minimum absolute atomic E-state index is 0.0661. The van der Waals surface area contributed by atoms with Gasteiger partial charge in [0.1, 0.15) is 11.2 Å². The lowest BCUT2D eigenvalue weighted by molar-refractivity contribution is 0.579. The van der Waals surface area contributed by atoms with Gasteiger partial charge in [0.15, 0.2) is 9.84 Å². The van der Waals surface area contributed by atoms with Gasteiger partial charge >= 0.3 is 0 Å². The van der Waals surface area contributed by atoms with E-state index in [0.29, 0.717) is 12.3 Å². The third-order valence-electron chi connectivity index (χ3n) is 3.49. The summed E-state index contributed by atoms with van der Waals surface area (Å²) in [6.07, 6.45) is 1.73. The van der Waals surface area contributed by atoms with Crippen LogP contribution in [-0.4, -0.2) is 42.6 Å². The summed E-state index contributed by atoms with van der Waals surface area (Å²) in [5, 5.41) is -0.472. The second kappa shape index (κ2) is 6.32. The topological polar surface area (TPSA) is 76.3 Å². The fourth-order valence-electron chi connectivity index (χ4n) is 2.17. The van der Waals surface area contributed by atoms with Crippen LogP contribution in [0.15, 0.2) is 18.3 Å². The van der Waals surface area contributed by atoms with E-state index in [4.69, 9.17) is 5.73 Å². The van der Waals surface area contributed by atoms with Crippen LogP contribution in [0.4, 0.5) is 5.82 Å². The number of rotatable bonds is 4. The molecule has 20 heavy (non-hydrogen) atoms. The van der Waals surface area contributed by atoms with E-state index in [0.717, 1.165) is 17.1 Å². The van der Waals surface area contributed by atoms with Crippen molar-refractivity contribution in [3.63, 3.8) is 0 Å². The maximum atomic E-state index is 12.2. The lowest BCUT2D eigenvalue weighted by Gasteiger charge is -2.35. The van der Waals surface area contributed by atoms with Crippen molar-refractivity contribution in [2.45, 2.75) is 25.3 Å². The molecule has 112 valence electrons. The molecule has 2 heterocycles. The smallest absolute Gasteiger partial charge is 0.171 e. The molecule has 1 aliphatic heterocycles. The summed E-state index contributed by atoms with van der Waals surface area (Å²) >= 11 is 1.68. The molecular weight excluding hydrogens is 294 g/mol. The average Bonchev–Trinajstić information content (AvgIpc) is 2.47. The monoisotopic (exact) mass is 315 g/mol. The third-order valence-corrected chi connectivity index (χ3v) is 6.78. The number of nitrogens with zero attached hydrogens (tertiary/aromatic N) is 2. The van der Waals surface area contributed by atoms with Gasteiger partial charge in [-0.3, -0.25) is 0 Å². The molecule has 2 rings (SSSR count). The van der Waals surface area contributed by atoms with Gasteiger partial charge in [-0.05, 0) is 18.6 Å². The summed E-state index contributed by atoms with van der Waals surface area (Å²) in [5.74, 6) is 2.41. The number of nitrogens with two attached hydrogens (primary N) is 1. The number of aromatic nitrogens is 1. The maximum absolute atomic E-state index is 12.2. The van der Waals surface area contributed by atoms with Gasteiger partial charge in [0.25, 0.3) is 0 Å². The van der Waals surface area contributed by atoms with Crippen LogP contribution in [-0.2, 0) is 9.84 Å². The number of hydrogen-bond acceptors (Lipinski definition) is 6. The highest BCUT2D eigenvalue weighted by atomic mass is 32.2. The zero-order valence-electron chi connectivity index (χ0n) is 11.8. The molecular formula is C13H21N3O2S2. The van der Waals surface area contributed by atoms with Crippen LogP contribution >= 0.6 is 11.8 Å². The van der Waals surface area contributed by atoms with Gasteiger partial charge in [-0.2, -0.15) is 11.8 Å². The van der Waals surface area contributed by atoms with Gasteiger partial charge in [-0.25, -0.2) is 13.4 Å². The standard InChI is InChI=1S/C13H21N3O2S2/c1-3-20(17,18)13-9-19-7-6-16(13)12-5-4-11(8-15-12)10(2)14/h4-5,8,10,13H,3,6-7,9,14H2,1-2H3/t10-,13?/m1/s1. The highest BCUT2D eigenvalue weighted by Gasteiger charge is 2.33. The Kier molecular flexibility index (Phi) is 4.93. The van der Waals surface area contributed by atoms with Crippen molar-refractivity contribution in [1.82, 2.24) is 4.98 Å². The molecule has 0 saturated carbocycles.